The standard InChI is InChI=1S/C66H45N3/c1-5-17-44(18-6-1)48-29-33-57-55-25-13-15-27-61(55)67(65(57)40-48)52-31-35-63-59(42-52)60-43-53(68-62-28-16-14-26-56(62)58-34-30-49(41-66(58)68)45-19-7-2-8-20-45)32-36-64(60)69(63)54-38-50(46-21-9-3-10-22-46)37-51(39-54)47-23-11-4-12-24-47/h1-13,15-25,27-43H,14,26H2. The monoisotopic (exact) mass is 879 g/mol. The van der Waals surface area contributed by atoms with Gasteiger partial charge in [0.15, 0.2) is 0 Å². The Morgan fingerprint density at radius 3 is 1.29 bits per heavy atom. The van der Waals surface area contributed by atoms with Crippen LogP contribution in [0.15, 0.2) is 243 Å². The van der Waals surface area contributed by atoms with Gasteiger partial charge < -0.3 is 13.7 Å². The van der Waals surface area contributed by atoms with Crippen molar-refractivity contribution in [2.75, 3.05) is 0 Å². The van der Waals surface area contributed by atoms with Crippen LogP contribution in [0.25, 0.3) is 122 Å². The van der Waals surface area contributed by atoms with E-state index in [-0.39, 0.29) is 0 Å². The van der Waals surface area contributed by atoms with Gasteiger partial charge in [-0.3, -0.25) is 0 Å². The van der Waals surface area contributed by atoms with Crippen molar-refractivity contribution < 1.29 is 0 Å². The van der Waals surface area contributed by atoms with Gasteiger partial charge in [-0.05, 0) is 142 Å². The quantitative estimate of drug-likeness (QED) is 0.152. The molecule has 0 amide bonds. The second kappa shape index (κ2) is 15.9. The molecule has 0 spiro atoms. The summed E-state index contributed by atoms with van der Waals surface area (Å²) in [6.07, 6.45) is 6.76. The van der Waals surface area contributed by atoms with Crippen LogP contribution in [-0.2, 0) is 6.42 Å². The molecule has 0 bridgehead atoms. The van der Waals surface area contributed by atoms with Crippen molar-refractivity contribution >= 4 is 60.6 Å². The van der Waals surface area contributed by atoms with E-state index >= 15 is 0 Å². The summed E-state index contributed by atoms with van der Waals surface area (Å²) in [6.45, 7) is 0. The average molecular weight is 880 g/mol. The molecule has 324 valence electrons. The van der Waals surface area contributed by atoms with Crippen molar-refractivity contribution in [3.8, 4) is 61.6 Å². The predicted octanol–water partition coefficient (Wildman–Crippen LogP) is 17.5. The third-order valence-electron chi connectivity index (χ3n) is 14.5. The molecular weight excluding hydrogens is 835 g/mol. The number of nitrogens with zero attached hydrogens (tertiary/aromatic N) is 3. The van der Waals surface area contributed by atoms with Gasteiger partial charge in [-0.15, -0.1) is 0 Å². The molecule has 0 unspecified atom stereocenters. The maximum atomic E-state index is 2.51. The summed E-state index contributed by atoms with van der Waals surface area (Å²) >= 11 is 0. The number of hydrogen-bond acceptors (Lipinski definition) is 0. The molecule has 3 heterocycles. The first kappa shape index (κ1) is 39.3. The molecule has 0 atom stereocenters. The summed E-state index contributed by atoms with van der Waals surface area (Å²) < 4.78 is 7.48. The van der Waals surface area contributed by atoms with Crippen molar-refractivity contribution in [2.45, 2.75) is 12.8 Å². The summed E-state index contributed by atoms with van der Waals surface area (Å²) in [4.78, 5) is 0. The fraction of sp³-hybridized carbons (Fsp3) is 0.0303. The van der Waals surface area contributed by atoms with E-state index in [1.165, 1.54) is 99.2 Å². The van der Waals surface area contributed by atoms with Crippen LogP contribution in [0.1, 0.15) is 17.7 Å². The van der Waals surface area contributed by atoms with Gasteiger partial charge in [0.1, 0.15) is 0 Å². The molecule has 0 saturated heterocycles. The Bertz CT molecular complexity index is 4090. The topological polar surface area (TPSA) is 14.8 Å². The number of benzene rings is 10. The first-order valence-corrected chi connectivity index (χ1v) is 24.1. The lowest BCUT2D eigenvalue weighted by atomic mass is 9.98. The van der Waals surface area contributed by atoms with Crippen LogP contribution in [0, 0.1) is 0 Å². The second-order valence-electron chi connectivity index (χ2n) is 18.4. The molecule has 3 heteroatoms. The van der Waals surface area contributed by atoms with Crippen molar-refractivity contribution in [2.24, 2.45) is 0 Å². The molecule has 0 fully saturated rings. The van der Waals surface area contributed by atoms with E-state index in [4.69, 9.17) is 0 Å². The summed E-state index contributed by atoms with van der Waals surface area (Å²) in [6, 6.07) is 87.2. The lowest BCUT2D eigenvalue weighted by Crippen LogP contribution is -2.00. The minimum Gasteiger partial charge on any atom is -0.310 e. The van der Waals surface area contributed by atoms with E-state index < -0.39 is 0 Å². The molecule has 14 rings (SSSR count). The van der Waals surface area contributed by atoms with Crippen molar-refractivity contribution in [3.05, 3.63) is 254 Å². The highest BCUT2D eigenvalue weighted by Crippen LogP contribution is 2.42. The maximum absolute atomic E-state index is 2.51. The van der Waals surface area contributed by atoms with Crippen LogP contribution in [0.4, 0.5) is 0 Å². The van der Waals surface area contributed by atoms with E-state index in [2.05, 4.69) is 262 Å². The van der Waals surface area contributed by atoms with Crippen LogP contribution in [-0.4, -0.2) is 13.7 Å². The van der Waals surface area contributed by atoms with Gasteiger partial charge in [-0.25, -0.2) is 0 Å². The number of allylic oxidation sites excluding steroid dienone is 1. The van der Waals surface area contributed by atoms with Crippen LogP contribution < -0.4 is 0 Å². The third kappa shape index (κ3) is 6.43. The first-order valence-electron chi connectivity index (χ1n) is 24.1. The van der Waals surface area contributed by atoms with Crippen molar-refractivity contribution in [3.63, 3.8) is 0 Å². The van der Waals surface area contributed by atoms with Gasteiger partial charge in [-0.2, -0.15) is 0 Å². The van der Waals surface area contributed by atoms with E-state index in [1.54, 1.807) is 0 Å². The zero-order chi connectivity index (χ0) is 45.4. The normalized spacial score (nSPS) is 12.5. The lowest BCUT2D eigenvalue weighted by molar-refractivity contribution is 0.968. The molecule has 13 aromatic rings. The summed E-state index contributed by atoms with van der Waals surface area (Å²) in [5, 5.41) is 6.22. The zero-order valence-corrected chi connectivity index (χ0v) is 37.9. The number of hydrogen-bond donors (Lipinski definition) is 0. The molecule has 0 aliphatic heterocycles. The molecule has 0 saturated carbocycles. The minimum absolute atomic E-state index is 1.03. The van der Waals surface area contributed by atoms with Gasteiger partial charge in [0.05, 0.1) is 27.6 Å². The molecule has 3 nitrogen and oxygen atoms in total. The second-order valence-corrected chi connectivity index (χ2v) is 18.4. The van der Waals surface area contributed by atoms with Crippen LogP contribution in [0.3, 0.4) is 0 Å². The number of aryl methyl sites for hydroxylation is 1. The SMILES string of the molecule is C1=Cc2c(c3ccc(-c4ccccc4)cc3n2-c2ccc3c(c2)c2cc(-n4c5ccccc5c5ccc(-c6ccccc6)cc54)ccc2n3-c2cc(-c3ccccc3)cc(-c3ccccc3)c2)CC1. The molecule has 69 heavy (non-hydrogen) atoms. The minimum atomic E-state index is 1.03. The number of fused-ring (bicyclic) bond motifs is 9. The van der Waals surface area contributed by atoms with E-state index in [0.29, 0.717) is 0 Å². The fourth-order valence-electron chi connectivity index (χ4n) is 11.3. The zero-order valence-electron chi connectivity index (χ0n) is 37.9. The smallest absolute Gasteiger partial charge is 0.0547 e. The Labute approximate surface area is 400 Å². The highest BCUT2D eigenvalue weighted by Gasteiger charge is 2.23. The largest absolute Gasteiger partial charge is 0.310 e. The Kier molecular flexibility index (Phi) is 9.03. The van der Waals surface area contributed by atoms with Crippen molar-refractivity contribution in [1.82, 2.24) is 13.7 Å². The van der Waals surface area contributed by atoms with E-state index in [9.17, 15) is 0 Å². The van der Waals surface area contributed by atoms with E-state index in [0.717, 1.165) is 40.9 Å². The van der Waals surface area contributed by atoms with Gasteiger partial charge in [0.2, 0.25) is 0 Å². The summed E-state index contributed by atoms with van der Waals surface area (Å²) in [5.41, 5.74) is 21.6. The maximum Gasteiger partial charge on any atom is 0.0547 e. The predicted molar refractivity (Wildman–Crippen MR) is 291 cm³/mol. The molecule has 0 N–H and O–H groups in total. The highest BCUT2D eigenvalue weighted by atomic mass is 15.0. The number of aromatic nitrogens is 3. The number of rotatable bonds is 7. The molecule has 0 radical (unpaired) electrons. The molecule has 1 aliphatic carbocycles. The summed E-state index contributed by atoms with van der Waals surface area (Å²) in [7, 11) is 0. The van der Waals surface area contributed by atoms with Crippen LogP contribution in [0.2, 0.25) is 0 Å². The Balaban J connectivity index is 1.06. The van der Waals surface area contributed by atoms with Gasteiger partial charge in [0.25, 0.3) is 0 Å². The van der Waals surface area contributed by atoms with Crippen LogP contribution in [0.5, 0.6) is 0 Å². The van der Waals surface area contributed by atoms with Crippen LogP contribution >= 0.6 is 0 Å². The third-order valence-corrected chi connectivity index (χ3v) is 14.5. The van der Waals surface area contributed by atoms with Gasteiger partial charge in [0, 0.05) is 49.7 Å². The van der Waals surface area contributed by atoms with E-state index in [1.807, 2.05) is 0 Å². The Hall–Kier alpha value is -8.92. The molecule has 3 aromatic heterocycles. The van der Waals surface area contributed by atoms with Gasteiger partial charge >= 0.3 is 0 Å². The first-order chi connectivity index (χ1) is 34.2. The van der Waals surface area contributed by atoms with Gasteiger partial charge in [-0.1, -0.05) is 170 Å². The summed E-state index contributed by atoms with van der Waals surface area (Å²) in [5.74, 6) is 0. The average Bonchev–Trinajstić information content (AvgIpc) is 4.06. The molecule has 1 aliphatic rings. The Morgan fingerprint density at radius 1 is 0.261 bits per heavy atom. The Morgan fingerprint density at radius 2 is 0.710 bits per heavy atom. The molecule has 10 aromatic carbocycles. The highest BCUT2D eigenvalue weighted by molar-refractivity contribution is 6.13. The fourth-order valence-corrected chi connectivity index (χ4v) is 11.3. The lowest BCUT2D eigenvalue weighted by Gasteiger charge is -2.15. The number of para-hydroxylation sites is 1. The van der Waals surface area contributed by atoms with Crippen molar-refractivity contribution in [1.29, 1.82) is 0 Å². The molecular formula is C66H45N3.